The van der Waals surface area contributed by atoms with Crippen molar-refractivity contribution in [3.05, 3.63) is 65.4 Å². The summed E-state index contributed by atoms with van der Waals surface area (Å²) in [5.74, 6) is 0.00828. The Balaban J connectivity index is 1.83. The summed E-state index contributed by atoms with van der Waals surface area (Å²) in [5.41, 5.74) is 10.2. The number of benzene rings is 2. The van der Waals surface area contributed by atoms with Crippen LogP contribution in [0.4, 0.5) is 5.69 Å². The Morgan fingerprint density at radius 1 is 1.18 bits per heavy atom. The number of carbonyl (C=O) groups is 1. The maximum atomic E-state index is 12.6. The summed E-state index contributed by atoms with van der Waals surface area (Å²) >= 11 is 0. The molecule has 1 amide bonds. The van der Waals surface area contributed by atoms with Crippen molar-refractivity contribution in [2.24, 2.45) is 0 Å². The number of ether oxygens (including phenoxy) is 1. The van der Waals surface area contributed by atoms with Crippen molar-refractivity contribution in [2.45, 2.75) is 13.8 Å². The third kappa shape index (κ3) is 6.01. The summed E-state index contributed by atoms with van der Waals surface area (Å²) in [6.45, 7) is 8.86. The van der Waals surface area contributed by atoms with E-state index in [1.165, 1.54) is 0 Å². The number of nitrogens with zero attached hydrogens (tertiary/aromatic N) is 3. The lowest BCUT2D eigenvalue weighted by Gasteiger charge is -2.25. The first-order chi connectivity index (χ1) is 16.5. The summed E-state index contributed by atoms with van der Waals surface area (Å²) in [4.78, 5) is 16.6. The number of rotatable bonds is 9. The lowest BCUT2D eigenvalue weighted by molar-refractivity contribution is 0.0433. The Morgan fingerprint density at radius 2 is 1.82 bits per heavy atom. The van der Waals surface area contributed by atoms with E-state index in [4.69, 9.17) is 15.9 Å². The highest BCUT2D eigenvalue weighted by Crippen LogP contribution is 2.26. The molecular weight excluding hydrogens is 428 g/mol. The van der Waals surface area contributed by atoms with Gasteiger partial charge in [0.15, 0.2) is 6.19 Å². The first kappa shape index (κ1) is 25.0. The van der Waals surface area contributed by atoms with E-state index in [1.807, 2.05) is 62.5 Å². The van der Waals surface area contributed by atoms with Gasteiger partial charge in [-0.25, -0.2) is 0 Å². The SMILES string of the molecule is CCN(CC)C(=O)c1ccc(-c2ccc(N)c(C(=N)/C(=C/CN3CCOCC3)NC#N)c2)cc1. The highest BCUT2D eigenvalue weighted by molar-refractivity contribution is 6.14. The first-order valence-electron chi connectivity index (χ1n) is 11.5. The second-order valence-corrected chi connectivity index (χ2v) is 8.00. The zero-order chi connectivity index (χ0) is 24.5. The Kier molecular flexibility index (Phi) is 8.79. The van der Waals surface area contributed by atoms with Gasteiger partial charge in [0.05, 0.1) is 24.6 Å². The van der Waals surface area contributed by atoms with Crippen LogP contribution < -0.4 is 11.1 Å². The average molecular weight is 461 g/mol. The van der Waals surface area contributed by atoms with Gasteiger partial charge in [0.1, 0.15) is 0 Å². The minimum atomic E-state index is 0.00828. The van der Waals surface area contributed by atoms with Gasteiger partial charge in [-0.2, -0.15) is 5.26 Å². The predicted molar refractivity (Wildman–Crippen MR) is 134 cm³/mol. The number of allylic oxidation sites excluding steroid dienone is 1. The molecule has 0 spiro atoms. The van der Waals surface area contributed by atoms with Crippen LogP contribution in [-0.2, 0) is 4.74 Å². The molecule has 0 atom stereocenters. The van der Waals surface area contributed by atoms with E-state index in [0.717, 1.165) is 24.2 Å². The number of carbonyl (C=O) groups excluding carboxylic acids is 1. The van der Waals surface area contributed by atoms with Crippen molar-refractivity contribution in [2.75, 3.05) is 51.7 Å². The van der Waals surface area contributed by atoms with E-state index in [2.05, 4.69) is 10.2 Å². The van der Waals surface area contributed by atoms with E-state index in [1.54, 1.807) is 11.0 Å². The Hall–Kier alpha value is -3.67. The number of hydrogen-bond donors (Lipinski definition) is 3. The summed E-state index contributed by atoms with van der Waals surface area (Å²) in [6.07, 6.45) is 3.77. The summed E-state index contributed by atoms with van der Waals surface area (Å²) < 4.78 is 5.38. The molecule has 0 unspecified atom stereocenters. The van der Waals surface area contributed by atoms with Gasteiger partial charge < -0.3 is 15.4 Å². The van der Waals surface area contributed by atoms with Crippen molar-refractivity contribution >= 4 is 17.3 Å². The third-order valence-electron chi connectivity index (χ3n) is 5.96. The number of hydrogen-bond acceptors (Lipinski definition) is 7. The van der Waals surface area contributed by atoms with Gasteiger partial charge in [0.25, 0.3) is 5.91 Å². The molecule has 34 heavy (non-hydrogen) atoms. The highest BCUT2D eigenvalue weighted by Gasteiger charge is 2.16. The zero-order valence-corrected chi connectivity index (χ0v) is 19.8. The van der Waals surface area contributed by atoms with Gasteiger partial charge in [-0.15, -0.1) is 0 Å². The average Bonchev–Trinajstić information content (AvgIpc) is 2.88. The van der Waals surface area contributed by atoms with Crippen LogP contribution in [0.15, 0.2) is 54.2 Å². The number of morpholine rings is 1. The van der Waals surface area contributed by atoms with Gasteiger partial charge in [-0.1, -0.05) is 18.2 Å². The molecule has 8 nitrogen and oxygen atoms in total. The first-order valence-corrected chi connectivity index (χ1v) is 11.5. The molecule has 0 aromatic heterocycles. The topological polar surface area (TPSA) is 118 Å². The smallest absolute Gasteiger partial charge is 0.253 e. The molecule has 1 saturated heterocycles. The maximum absolute atomic E-state index is 12.6. The standard InChI is InChI=1S/C26H32N6O2/c1-3-32(4-2)26(33)20-7-5-19(6-8-20)21-9-10-23(28)22(17-21)25(29)24(30-18-27)11-12-31-13-15-34-16-14-31/h5-11,17,29-30H,3-4,12-16,28H2,1-2H3/b24-11-,29-25?. The largest absolute Gasteiger partial charge is 0.398 e. The number of nitrogens with one attached hydrogen (secondary N) is 2. The minimum absolute atomic E-state index is 0.00828. The second-order valence-electron chi connectivity index (χ2n) is 8.00. The predicted octanol–water partition coefficient (Wildman–Crippen LogP) is 3.07. The third-order valence-corrected chi connectivity index (χ3v) is 5.96. The normalized spacial score (nSPS) is 14.3. The lowest BCUT2D eigenvalue weighted by Crippen LogP contribution is -2.36. The maximum Gasteiger partial charge on any atom is 0.253 e. The quantitative estimate of drug-likeness (QED) is 0.229. The van der Waals surface area contributed by atoms with E-state index in [9.17, 15) is 10.1 Å². The van der Waals surface area contributed by atoms with Gasteiger partial charge in [0, 0.05) is 49.5 Å². The Bertz CT molecular complexity index is 1080. The molecule has 1 fully saturated rings. The fraction of sp³-hybridized carbons (Fsp3) is 0.346. The monoisotopic (exact) mass is 460 g/mol. The molecule has 1 aliphatic heterocycles. The van der Waals surface area contributed by atoms with Crippen LogP contribution in [0.2, 0.25) is 0 Å². The molecule has 0 bridgehead atoms. The zero-order valence-electron chi connectivity index (χ0n) is 19.8. The van der Waals surface area contributed by atoms with Crippen LogP contribution in [0.1, 0.15) is 29.8 Å². The molecule has 8 heteroatoms. The van der Waals surface area contributed by atoms with Gasteiger partial charge in [-0.05, 0) is 55.3 Å². The summed E-state index contributed by atoms with van der Waals surface area (Å²) in [5, 5.41) is 20.6. The Morgan fingerprint density at radius 3 is 2.44 bits per heavy atom. The van der Waals surface area contributed by atoms with Gasteiger partial charge >= 0.3 is 0 Å². The van der Waals surface area contributed by atoms with E-state index < -0.39 is 0 Å². The molecule has 2 aromatic carbocycles. The number of nitrogens with two attached hydrogens (primary N) is 1. The van der Waals surface area contributed by atoms with Crippen LogP contribution in [0, 0.1) is 16.9 Å². The Labute approximate surface area is 201 Å². The van der Waals surface area contributed by atoms with Crippen LogP contribution in [0.25, 0.3) is 11.1 Å². The van der Waals surface area contributed by atoms with Crippen LogP contribution in [0.3, 0.4) is 0 Å². The highest BCUT2D eigenvalue weighted by atomic mass is 16.5. The van der Waals surface area contributed by atoms with Crippen molar-refractivity contribution in [3.8, 4) is 17.3 Å². The molecule has 4 N–H and O–H groups in total. The van der Waals surface area contributed by atoms with E-state index >= 15 is 0 Å². The molecule has 1 aliphatic rings. The minimum Gasteiger partial charge on any atom is -0.398 e. The van der Waals surface area contributed by atoms with Crippen LogP contribution in [-0.4, -0.2) is 67.4 Å². The summed E-state index contributed by atoms with van der Waals surface area (Å²) in [6, 6.07) is 12.9. The van der Waals surface area contributed by atoms with E-state index in [0.29, 0.717) is 55.4 Å². The molecule has 178 valence electrons. The van der Waals surface area contributed by atoms with Crippen molar-refractivity contribution in [1.29, 1.82) is 10.7 Å². The lowest BCUT2D eigenvalue weighted by atomic mass is 9.97. The molecule has 1 heterocycles. The molecule has 0 radical (unpaired) electrons. The molecule has 0 saturated carbocycles. The van der Waals surface area contributed by atoms with Gasteiger partial charge in [-0.3, -0.25) is 20.4 Å². The second kappa shape index (κ2) is 12.0. The van der Waals surface area contributed by atoms with Crippen molar-refractivity contribution in [1.82, 2.24) is 15.1 Å². The molecule has 3 rings (SSSR count). The van der Waals surface area contributed by atoms with Crippen LogP contribution in [0.5, 0.6) is 0 Å². The molecule has 2 aromatic rings. The number of amides is 1. The van der Waals surface area contributed by atoms with Gasteiger partial charge in [0.2, 0.25) is 0 Å². The fourth-order valence-corrected chi connectivity index (χ4v) is 3.88. The fourth-order valence-electron chi connectivity index (χ4n) is 3.88. The summed E-state index contributed by atoms with van der Waals surface area (Å²) in [7, 11) is 0. The van der Waals surface area contributed by atoms with Crippen LogP contribution >= 0.6 is 0 Å². The molecular formula is C26H32N6O2. The molecule has 0 aliphatic carbocycles. The number of anilines is 1. The van der Waals surface area contributed by atoms with Crippen molar-refractivity contribution in [3.63, 3.8) is 0 Å². The number of nitriles is 1. The van der Waals surface area contributed by atoms with Crippen molar-refractivity contribution < 1.29 is 9.53 Å². The van der Waals surface area contributed by atoms with E-state index in [-0.39, 0.29) is 11.6 Å². The number of nitrogen functional groups attached to an aromatic ring is 1.